The topological polar surface area (TPSA) is 36.4 Å². The Kier molecular flexibility index (Phi) is 5.16. The molecule has 0 N–H and O–H groups in total. The first-order chi connectivity index (χ1) is 15.4. The van der Waals surface area contributed by atoms with Gasteiger partial charge in [0, 0.05) is 60.1 Å². The van der Waals surface area contributed by atoms with E-state index in [1.54, 1.807) is 24.2 Å². The van der Waals surface area contributed by atoms with Gasteiger partial charge in [-0.1, -0.05) is 6.07 Å². The summed E-state index contributed by atoms with van der Waals surface area (Å²) in [5, 5.41) is 0. The van der Waals surface area contributed by atoms with Crippen LogP contribution in [0.5, 0.6) is 0 Å². The third-order valence-electron chi connectivity index (χ3n) is 6.55. The molecule has 32 heavy (non-hydrogen) atoms. The highest BCUT2D eigenvalue weighted by molar-refractivity contribution is 5.96. The molecule has 0 saturated carbocycles. The minimum atomic E-state index is -2.58. The summed E-state index contributed by atoms with van der Waals surface area (Å²) < 4.78 is 28.2. The molecule has 0 atom stereocenters. The van der Waals surface area contributed by atoms with E-state index in [0.29, 0.717) is 24.0 Å². The van der Waals surface area contributed by atoms with Gasteiger partial charge in [-0.05, 0) is 79.3 Å². The van der Waals surface area contributed by atoms with Gasteiger partial charge < -0.3 is 9.80 Å². The molecule has 5 rings (SSSR count). The zero-order chi connectivity index (χ0) is 22.4. The Bertz CT molecular complexity index is 1190. The molecule has 2 aliphatic heterocycles. The number of nitrogens with zero attached hydrogens (tertiary/aromatic N) is 3. The van der Waals surface area contributed by atoms with E-state index in [-0.39, 0.29) is 11.5 Å². The van der Waals surface area contributed by atoms with Crippen LogP contribution in [0.15, 0.2) is 48.7 Å². The second kappa shape index (κ2) is 8.01. The number of amides is 1. The molecule has 0 aliphatic carbocycles. The molecule has 2 aliphatic rings. The summed E-state index contributed by atoms with van der Waals surface area (Å²) in [6.07, 6.45) is 2.09. The van der Waals surface area contributed by atoms with Crippen molar-refractivity contribution in [3.8, 4) is 11.1 Å². The first-order valence-electron chi connectivity index (χ1n) is 11.0. The first kappa shape index (κ1) is 20.6. The number of carbonyl (C=O) groups is 1. The molecule has 0 radical (unpaired) electrons. The Labute approximate surface area is 186 Å². The number of rotatable bonds is 3. The van der Waals surface area contributed by atoms with Gasteiger partial charge in [0.05, 0.1) is 0 Å². The van der Waals surface area contributed by atoms with Crippen LogP contribution < -0.4 is 9.80 Å². The molecule has 0 unspecified atom stereocenters. The smallest absolute Gasteiger partial charge is 0.264 e. The Hall–Kier alpha value is -3.28. The Morgan fingerprint density at radius 3 is 2.53 bits per heavy atom. The van der Waals surface area contributed by atoms with Crippen LogP contribution >= 0.6 is 0 Å². The summed E-state index contributed by atoms with van der Waals surface area (Å²) in [5.74, 6) is 0.119. The van der Waals surface area contributed by atoms with Crippen LogP contribution in [0.4, 0.5) is 25.8 Å². The molecule has 0 bridgehead atoms. The van der Waals surface area contributed by atoms with E-state index in [9.17, 15) is 13.6 Å². The minimum absolute atomic E-state index is 0.0320. The van der Waals surface area contributed by atoms with Crippen molar-refractivity contribution in [2.45, 2.75) is 39.0 Å². The molecular formula is C26H25F2N3O. The SMILES string of the molecule is Cc1ccc(-c2cc3c(cc2C(F)F)N(c2ccc4c(c2)CCC(=O)N4C)CCC3)cn1. The van der Waals surface area contributed by atoms with E-state index in [4.69, 9.17) is 0 Å². The van der Waals surface area contributed by atoms with Gasteiger partial charge in [-0.15, -0.1) is 0 Å². The van der Waals surface area contributed by atoms with Crippen LogP contribution in [0, 0.1) is 6.92 Å². The molecule has 4 nitrogen and oxygen atoms in total. The van der Waals surface area contributed by atoms with Crippen molar-refractivity contribution in [1.29, 1.82) is 0 Å². The van der Waals surface area contributed by atoms with Gasteiger partial charge in [-0.2, -0.15) is 0 Å². The highest BCUT2D eigenvalue weighted by atomic mass is 19.3. The number of aryl methyl sites for hydroxylation is 3. The molecule has 3 aromatic rings. The zero-order valence-electron chi connectivity index (χ0n) is 18.2. The number of benzene rings is 2. The summed E-state index contributed by atoms with van der Waals surface area (Å²) in [4.78, 5) is 20.2. The van der Waals surface area contributed by atoms with Crippen molar-refractivity contribution in [2.24, 2.45) is 0 Å². The van der Waals surface area contributed by atoms with Gasteiger partial charge in [-0.25, -0.2) is 8.78 Å². The third kappa shape index (κ3) is 3.53. The fourth-order valence-corrected chi connectivity index (χ4v) is 4.79. The molecule has 6 heteroatoms. The van der Waals surface area contributed by atoms with E-state index in [0.717, 1.165) is 53.3 Å². The highest BCUT2D eigenvalue weighted by Crippen LogP contribution is 2.42. The van der Waals surface area contributed by atoms with E-state index in [1.165, 1.54) is 0 Å². The summed E-state index contributed by atoms with van der Waals surface area (Å²) in [6.45, 7) is 2.66. The predicted molar refractivity (Wildman–Crippen MR) is 123 cm³/mol. The summed E-state index contributed by atoms with van der Waals surface area (Å²) in [6, 6.07) is 13.3. The standard InChI is InChI=1S/C26H25F2N3O/c1-16-5-6-19(15-29-16)21-13-17-4-3-11-31(24(17)14-22(21)26(27)28)20-8-9-23-18(12-20)7-10-25(32)30(23)2/h5-6,8-9,12-15,26H,3-4,7,10-11H2,1-2H3. The average Bonchev–Trinajstić information content (AvgIpc) is 2.80. The van der Waals surface area contributed by atoms with Crippen LogP contribution in [0.3, 0.4) is 0 Å². The van der Waals surface area contributed by atoms with Gasteiger partial charge in [0.1, 0.15) is 0 Å². The number of pyridine rings is 1. The average molecular weight is 434 g/mol. The van der Waals surface area contributed by atoms with Crippen LogP contribution in [0.25, 0.3) is 11.1 Å². The lowest BCUT2D eigenvalue weighted by atomic mass is 9.92. The Morgan fingerprint density at radius 2 is 1.78 bits per heavy atom. The minimum Gasteiger partial charge on any atom is -0.341 e. The molecule has 164 valence electrons. The lowest BCUT2D eigenvalue weighted by molar-refractivity contribution is -0.118. The number of fused-ring (bicyclic) bond motifs is 2. The van der Waals surface area contributed by atoms with E-state index < -0.39 is 6.43 Å². The maximum Gasteiger partial charge on any atom is 0.264 e. The number of anilines is 3. The van der Waals surface area contributed by atoms with E-state index in [1.807, 2.05) is 37.3 Å². The summed E-state index contributed by atoms with van der Waals surface area (Å²) in [7, 11) is 1.80. The van der Waals surface area contributed by atoms with Crippen LogP contribution in [0.2, 0.25) is 0 Å². The van der Waals surface area contributed by atoms with Gasteiger partial charge in [0.15, 0.2) is 0 Å². The maximum atomic E-state index is 14.1. The molecule has 1 aromatic heterocycles. The zero-order valence-corrected chi connectivity index (χ0v) is 18.2. The number of halogens is 2. The Balaban J connectivity index is 1.59. The quantitative estimate of drug-likeness (QED) is 0.509. The maximum absolute atomic E-state index is 14.1. The van der Waals surface area contributed by atoms with E-state index >= 15 is 0 Å². The van der Waals surface area contributed by atoms with Gasteiger partial charge in [0.25, 0.3) is 6.43 Å². The lowest BCUT2D eigenvalue weighted by Gasteiger charge is -2.34. The van der Waals surface area contributed by atoms with Crippen LogP contribution in [-0.4, -0.2) is 24.5 Å². The molecule has 0 saturated heterocycles. The van der Waals surface area contributed by atoms with Crippen molar-refractivity contribution in [3.05, 3.63) is 71.0 Å². The predicted octanol–water partition coefficient (Wildman–Crippen LogP) is 5.99. The molecule has 1 amide bonds. The van der Waals surface area contributed by atoms with Crippen LogP contribution in [0.1, 0.15) is 41.7 Å². The second-order valence-corrected chi connectivity index (χ2v) is 8.58. The number of carbonyl (C=O) groups excluding carboxylic acids is 1. The fraction of sp³-hybridized carbons (Fsp3) is 0.308. The largest absolute Gasteiger partial charge is 0.341 e. The molecule has 2 aromatic carbocycles. The van der Waals surface area contributed by atoms with Gasteiger partial charge >= 0.3 is 0 Å². The van der Waals surface area contributed by atoms with Crippen molar-refractivity contribution >= 4 is 23.0 Å². The first-order valence-corrected chi connectivity index (χ1v) is 11.0. The van der Waals surface area contributed by atoms with Crippen molar-refractivity contribution in [2.75, 3.05) is 23.4 Å². The van der Waals surface area contributed by atoms with Gasteiger partial charge in [-0.3, -0.25) is 9.78 Å². The Morgan fingerprint density at radius 1 is 0.969 bits per heavy atom. The lowest BCUT2D eigenvalue weighted by Crippen LogP contribution is -2.31. The number of aromatic nitrogens is 1. The number of alkyl halides is 2. The number of hydrogen-bond donors (Lipinski definition) is 0. The van der Waals surface area contributed by atoms with Crippen molar-refractivity contribution in [3.63, 3.8) is 0 Å². The highest BCUT2D eigenvalue weighted by Gasteiger charge is 2.26. The third-order valence-corrected chi connectivity index (χ3v) is 6.55. The number of hydrogen-bond acceptors (Lipinski definition) is 3. The van der Waals surface area contributed by atoms with Crippen LogP contribution in [-0.2, 0) is 17.6 Å². The molecule has 0 fully saturated rings. The molecule has 3 heterocycles. The van der Waals surface area contributed by atoms with Crippen molar-refractivity contribution in [1.82, 2.24) is 4.98 Å². The normalized spacial score (nSPS) is 15.7. The molecule has 0 spiro atoms. The van der Waals surface area contributed by atoms with Gasteiger partial charge in [0.2, 0.25) is 5.91 Å². The van der Waals surface area contributed by atoms with Crippen molar-refractivity contribution < 1.29 is 13.6 Å². The van der Waals surface area contributed by atoms with E-state index in [2.05, 4.69) is 16.0 Å². The monoisotopic (exact) mass is 433 g/mol. The molecular weight excluding hydrogens is 408 g/mol. The second-order valence-electron chi connectivity index (χ2n) is 8.58. The fourth-order valence-electron chi connectivity index (χ4n) is 4.79. The summed E-state index contributed by atoms with van der Waals surface area (Å²) >= 11 is 0. The summed E-state index contributed by atoms with van der Waals surface area (Å²) in [5.41, 5.74) is 7.10.